The summed E-state index contributed by atoms with van der Waals surface area (Å²) in [5.41, 5.74) is 1.18. The first kappa shape index (κ1) is 17.1. The van der Waals surface area contributed by atoms with Gasteiger partial charge in [0, 0.05) is 19.0 Å². The predicted molar refractivity (Wildman–Crippen MR) is 91.3 cm³/mol. The van der Waals surface area contributed by atoms with Crippen LogP contribution in [0.25, 0.3) is 0 Å². The van der Waals surface area contributed by atoms with Gasteiger partial charge in [0.2, 0.25) is 0 Å². The average molecular weight is 340 g/mol. The van der Waals surface area contributed by atoms with Gasteiger partial charge in [-0.3, -0.25) is 4.79 Å². The number of hydrogen-bond donors (Lipinski definition) is 1. The largest absolute Gasteiger partial charge is 0.477 e. The highest BCUT2D eigenvalue weighted by molar-refractivity contribution is 5.94. The van der Waals surface area contributed by atoms with Crippen molar-refractivity contribution in [3.05, 3.63) is 65.5 Å². The number of nitrogens with zero attached hydrogens (tertiary/aromatic N) is 2. The van der Waals surface area contributed by atoms with Crippen LogP contribution in [0.4, 0.5) is 0 Å². The number of rotatable bonds is 6. The van der Waals surface area contributed by atoms with Crippen LogP contribution in [-0.2, 0) is 11.3 Å². The standard InChI is InChI=1S/C19H20N2O4/c22-18(16-7-4-8-17(20-16)19(23)24)21-10-9-15(11-21)13-25-12-14-5-2-1-3-6-14/h1-8,15H,9-13H2,(H,23,24). The zero-order valence-corrected chi connectivity index (χ0v) is 13.8. The molecule has 0 bridgehead atoms. The molecule has 2 aromatic rings. The summed E-state index contributed by atoms with van der Waals surface area (Å²) in [6.07, 6.45) is 0.874. The summed E-state index contributed by atoms with van der Waals surface area (Å²) in [5.74, 6) is -1.08. The zero-order chi connectivity index (χ0) is 17.6. The van der Waals surface area contributed by atoms with Crippen molar-refractivity contribution in [2.75, 3.05) is 19.7 Å². The Morgan fingerprint density at radius 3 is 2.64 bits per heavy atom. The maximum absolute atomic E-state index is 12.5. The molecule has 1 aliphatic heterocycles. The highest BCUT2D eigenvalue weighted by atomic mass is 16.5. The summed E-state index contributed by atoms with van der Waals surface area (Å²) in [4.78, 5) is 29.1. The Hall–Kier alpha value is -2.73. The van der Waals surface area contributed by atoms with Crippen LogP contribution >= 0.6 is 0 Å². The van der Waals surface area contributed by atoms with E-state index in [2.05, 4.69) is 4.98 Å². The number of benzene rings is 1. The highest BCUT2D eigenvalue weighted by Gasteiger charge is 2.28. The molecule has 130 valence electrons. The van der Waals surface area contributed by atoms with Gasteiger partial charge in [0.25, 0.3) is 5.91 Å². The minimum atomic E-state index is -1.14. The molecule has 6 heteroatoms. The second-order valence-electron chi connectivity index (χ2n) is 6.12. The monoisotopic (exact) mass is 340 g/mol. The van der Waals surface area contributed by atoms with Crippen LogP contribution < -0.4 is 0 Å². The van der Waals surface area contributed by atoms with Gasteiger partial charge < -0.3 is 14.7 Å². The molecule has 0 radical (unpaired) electrons. The first-order valence-corrected chi connectivity index (χ1v) is 8.25. The Balaban J connectivity index is 1.51. The Kier molecular flexibility index (Phi) is 5.40. The van der Waals surface area contributed by atoms with Crippen molar-refractivity contribution in [3.8, 4) is 0 Å². The quantitative estimate of drug-likeness (QED) is 0.874. The van der Waals surface area contributed by atoms with Crippen LogP contribution in [0.2, 0.25) is 0 Å². The summed E-state index contributed by atoms with van der Waals surface area (Å²) in [7, 11) is 0. The third kappa shape index (κ3) is 4.42. The van der Waals surface area contributed by atoms with Crippen LogP contribution in [0.5, 0.6) is 0 Å². The van der Waals surface area contributed by atoms with Gasteiger partial charge in [-0.2, -0.15) is 0 Å². The maximum Gasteiger partial charge on any atom is 0.354 e. The minimum Gasteiger partial charge on any atom is -0.477 e. The van der Waals surface area contributed by atoms with Crippen LogP contribution in [0.1, 0.15) is 33.0 Å². The van der Waals surface area contributed by atoms with E-state index in [0.29, 0.717) is 26.3 Å². The van der Waals surface area contributed by atoms with Crippen molar-refractivity contribution in [2.45, 2.75) is 13.0 Å². The van der Waals surface area contributed by atoms with Crippen LogP contribution in [0.3, 0.4) is 0 Å². The normalized spacial score (nSPS) is 16.8. The second-order valence-corrected chi connectivity index (χ2v) is 6.12. The minimum absolute atomic E-state index is 0.118. The Labute approximate surface area is 146 Å². The average Bonchev–Trinajstić information content (AvgIpc) is 3.11. The highest BCUT2D eigenvalue weighted by Crippen LogP contribution is 2.19. The van der Waals surface area contributed by atoms with Crippen molar-refractivity contribution in [1.29, 1.82) is 0 Å². The smallest absolute Gasteiger partial charge is 0.354 e. The van der Waals surface area contributed by atoms with Gasteiger partial charge in [0.1, 0.15) is 11.4 Å². The lowest BCUT2D eigenvalue weighted by molar-refractivity contribution is 0.0689. The van der Waals surface area contributed by atoms with Crippen molar-refractivity contribution >= 4 is 11.9 Å². The van der Waals surface area contributed by atoms with Crippen molar-refractivity contribution in [3.63, 3.8) is 0 Å². The molecule has 1 N–H and O–H groups in total. The van der Waals surface area contributed by atoms with E-state index in [0.717, 1.165) is 12.0 Å². The van der Waals surface area contributed by atoms with Gasteiger partial charge in [-0.1, -0.05) is 36.4 Å². The van der Waals surface area contributed by atoms with Gasteiger partial charge in [-0.25, -0.2) is 9.78 Å². The van der Waals surface area contributed by atoms with E-state index in [4.69, 9.17) is 9.84 Å². The Morgan fingerprint density at radius 1 is 1.12 bits per heavy atom. The van der Waals surface area contributed by atoms with E-state index in [9.17, 15) is 9.59 Å². The van der Waals surface area contributed by atoms with Gasteiger partial charge >= 0.3 is 5.97 Å². The van der Waals surface area contributed by atoms with Gasteiger partial charge in [-0.05, 0) is 24.1 Å². The molecule has 2 heterocycles. The van der Waals surface area contributed by atoms with Gasteiger partial charge in [0.15, 0.2) is 0 Å². The molecule has 0 aliphatic carbocycles. The first-order valence-electron chi connectivity index (χ1n) is 8.25. The number of aromatic nitrogens is 1. The fraction of sp³-hybridized carbons (Fsp3) is 0.316. The number of amides is 1. The number of carboxylic acids is 1. The van der Waals surface area contributed by atoms with Crippen molar-refractivity contribution < 1.29 is 19.4 Å². The summed E-state index contributed by atoms with van der Waals surface area (Å²) in [6, 6.07) is 14.4. The molecule has 1 aliphatic rings. The molecule has 1 unspecified atom stereocenters. The fourth-order valence-corrected chi connectivity index (χ4v) is 2.91. The number of carbonyl (C=O) groups excluding carboxylic acids is 1. The first-order chi connectivity index (χ1) is 12.1. The summed E-state index contributed by atoms with van der Waals surface area (Å²) >= 11 is 0. The van der Waals surface area contributed by atoms with Gasteiger partial charge in [0.05, 0.1) is 13.2 Å². The molecule has 6 nitrogen and oxygen atoms in total. The van der Waals surface area contributed by atoms with Crippen molar-refractivity contribution in [2.24, 2.45) is 5.92 Å². The van der Waals surface area contributed by atoms with Crippen LogP contribution in [0.15, 0.2) is 48.5 Å². The number of pyridine rings is 1. The Bertz CT molecular complexity index is 748. The predicted octanol–water partition coefficient (Wildman–Crippen LogP) is 2.46. The number of carbonyl (C=O) groups is 2. The molecule has 1 aromatic heterocycles. The molecule has 1 fully saturated rings. The number of aromatic carboxylic acids is 1. The SMILES string of the molecule is O=C(O)c1cccc(C(=O)N2CCC(COCc3ccccc3)C2)n1. The van der Waals surface area contributed by atoms with E-state index < -0.39 is 5.97 Å². The topological polar surface area (TPSA) is 79.7 Å². The molecule has 1 atom stereocenters. The second kappa shape index (κ2) is 7.90. The molecular formula is C19H20N2O4. The molecule has 1 saturated heterocycles. The molecule has 1 amide bonds. The summed E-state index contributed by atoms with van der Waals surface area (Å²) < 4.78 is 5.76. The molecule has 3 rings (SSSR count). The van der Waals surface area contributed by atoms with E-state index in [1.807, 2.05) is 30.3 Å². The van der Waals surface area contributed by atoms with E-state index in [1.54, 1.807) is 17.0 Å². The van der Waals surface area contributed by atoms with E-state index in [-0.39, 0.29) is 23.2 Å². The number of likely N-dealkylation sites (tertiary alicyclic amines) is 1. The molecule has 0 spiro atoms. The van der Waals surface area contributed by atoms with Gasteiger partial charge in [-0.15, -0.1) is 0 Å². The van der Waals surface area contributed by atoms with Crippen LogP contribution in [0, 0.1) is 5.92 Å². The van der Waals surface area contributed by atoms with E-state index in [1.165, 1.54) is 6.07 Å². The lowest BCUT2D eigenvalue weighted by Gasteiger charge is -2.16. The van der Waals surface area contributed by atoms with E-state index >= 15 is 0 Å². The van der Waals surface area contributed by atoms with Crippen molar-refractivity contribution in [1.82, 2.24) is 9.88 Å². The maximum atomic E-state index is 12.5. The third-order valence-electron chi connectivity index (χ3n) is 4.23. The molecule has 1 aromatic carbocycles. The Morgan fingerprint density at radius 2 is 1.88 bits per heavy atom. The molecule has 25 heavy (non-hydrogen) atoms. The summed E-state index contributed by atoms with van der Waals surface area (Å²) in [5, 5.41) is 8.99. The lowest BCUT2D eigenvalue weighted by Crippen LogP contribution is -2.30. The lowest BCUT2D eigenvalue weighted by atomic mass is 10.1. The number of ether oxygens (including phenoxy) is 1. The number of carboxylic acid groups (broad SMARTS) is 1. The number of hydrogen-bond acceptors (Lipinski definition) is 4. The third-order valence-corrected chi connectivity index (χ3v) is 4.23. The fourth-order valence-electron chi connectivity index (χ4n) is 2.91. The zero-order valence-electron chi connectivity index (χ0n) is 13.8. The molecule has 0 saturated carbocycles. The molecular weight excluding hydrogens is 320 g/mol. The van der Waals surface area contributed by atoms with Crippen LogP contribution in [-0.4, -0.2) is 46.6 Å². The summed E-state index contributed by atoms with van der Waals surface area (Å²) in [6.45, 7) is 2.40.